The van der Waals surface area contributed by atoms with Crippen LogP contribution in [0.25, 0.3) is 0 Å². The number of esters is 1. The number of ether oxygens (including phenoxy) is 1. The zero-order valence-electron chi connectivity index (χ0n) is 9.74. The van der Waals surface area contributed by atoms with Crippen LogP contribution in [0.15, 0.2) is 4.42 Å². The molecule has 0 aliphatic carbocycles. The first-order valence-electron chi connectivity index (χ1n) is 5.24. The largest absolute Gasteiger partial charge is 0.502 e. The molecule has 3 N–H and O–H groups in total. The van der Waals surface area contributed by atoms with Gasteiger partial charge in [-0.2, -0.15) is 0 Å². The van der Waals surface area contributed by atoms with Crippen LogP contribution in [-0.4, -0.2) is 17.6 Å². The number of aromatic hydroxyl groups is 1. The highest BCUT2D eigenvalue weighted by atomic mass is 16.6. The van der Waals surface area contributed by atoms with Gasteiger partial charge >= 0.3 is 5.97 Å². The fraction of sp³-hybridized carbons (Fsp3) is 0.545. The van der Waals surface area contributed by atoms with Gasteiger partial charge in [0.05, 0.1) is 5.92 Å². The molecule has 1 aromatic rings. The van der Waals surface area contributed by atoms with Crippen LogP contribution in [0.2, 0.25) is 0 Å². The first kappa shape index (κ1) is 12.6. The summed E-state index contributed by atoms with van der Waals surface area (Å²) >= 11 is 0. The Hall–Kier alpha value is -1.49. The molecule has 1 rings (SSSR count). The van der Waals surface area contributed by atoms with E-state index in [1.54, 1.807) is 13.8 Å². The number of nitrogens with two attached hydrogens (primary N) is 1. The van der Waals surface area contributed by atoms with Crippen molar-refractivity contribution in [1.29, 1.82) is 0 Å². The summed E-state index contributed by atoms with van der Waals surface area (Å²) in [5, 5.41) is 9.71. The molecule has 5 heteroatoms. The molecule has 0 aromatic carbocycles. The molecule has 0 fully saturated rings. The topological polar surface area (TPSA) is 85.7 Å². The normalized spacial score (nSPS) is 12.5. The number of hydrogen-bond acceptors (Lipinski definition) is 5. The van der Waals surface area contributed by atoms with E-state index in [0.717, 1.165) is 0 Å². The summed E-state index contributed by atoms with van der Waals surface area (Å²) < 4.78 is 10.3. The molecule has 90 valence electrons. The lowest BCUT2D eigenvalue weighted by Gasteiger charge is -2.07. The van der Waals surface area contributed by atoms with Crippen molar-refractivity contribution in [2.24, 2.45) is 11.7 Å². The molecule has 0 aliphatic heterocycles. The quantitative estimate of drug-likeness (QED) is 0.758. The Balaban J connectivity index is 2.89. The molecular formula is C11H17NO4. The number of rotatable bonds is 4. The standard InChI is InChI=1S/C11H17NO4/c1-4-8-9(13)10(7(3)15-8)16-11(14)6(2)5-12/h6,13H,4-5,12H2,1-3H3. The number of aryl methyl sites for hydroxylation is 2. The highest BCUT2D eigenvalue weighted by molar-refractivity contribution is 5.76. The van der Waals surface area contributed by atoms with Gasteiger partial charge in [-0.15, -0.1) is 0 Å². The molecule has 1 unspecified atom stereocenters. The third kappa shape index (κ3) is 2.36. The van der Waals surface area contributed by atoms with Gasteiger partial charge in [-0.05, 0) is 6.92 Å². The molecule has 0 radical (unpaired) electrons. The maximum atomic E-state index is 11.5. The van der Waals surface area contributed by atoms with E-state index in [1.807, 2.05) is 6.92 Å². The van der Waals surface area contributed by atoms with Crippen LogP contribution in [0.4, 0.5) is 0 Å². The predicted molar refractivity (Wildman–Crippen MR) is 58.3 cm³/mol. The van der Waals surface area contributed by atoms with Crippen LogP contribution >= 0.6 is 0 Å². The minimum atomic E-state index is -0.468. The van der Waals surface area contributed by atoms with Crippen LogP contribution in [0.1, 0.15) is 25.4 Å². The maximum Gasteiger partial charge on any atom is 0.315 e. The van der Waals surface area contributed by atoms with Gasteiger partial charge in [-0.25, -0.2) is 0 Å². The van der Waals surface area contributed by atoms with Gasteiger partial charge in [-0.3, -0.25) is 4.79 Å². The molecule has 0 saturated heterocycles. The van der Waals surface area contributed by atoms with E-state index in [2.05, 4.69) is 0 Å². The minimum absolute atomic E-state index is 0.0992. The van der Waals surface area contributed by atoms with E-state index in [-0.39, 0.29) is 18.0 Å². The molecular weight excluding hydrogens is 210 g/mol. The third-order valence-corrected chi connectivity index (χ3v) is 2.35. The van der Waals surface area contributed by atoms with Crippen molar-refractivity contribution >= 4 is 5.97 Å². The molecule has 1 aromatic heterocycles. The van der Waals surface area contributed by atoms with Gasteiger partial charge in [0.1, 0.15) is 11.5 Å². The summed E-state index contributed by atoms with van der Waals surface area (Å²) in [5.41, 5.74) is 5.35. The monoisotopic (exact) mass is 227 g/mol. The van der Waals surface area contributed by atoms with Crippen molar-refractivity contribution < 1.29 is 19.1 Å². The Morgan fingerprint density at radius 1 is 1.62 bits per heavy atom. The van der Waals surface area contributed by atoms with E-state index in [1.165, 1.54) is 0 Å². The van der Waals surface area contributed by atoms with Gasteiger partial charge < -0.3 is 20.0 Å². The third-order valence-electron chi connectivity index (χ3n) is 2.35. The molecule has 0 saturated carbocycles. The van der Waals surface area contributed by atoms with Crippen molar-refractivity contribution in [3.8, 4) is 11.5 Å². The van der Waals surface area contributed by atoms with Crippen LogP contribution in [0.5, 0.6) is 11.5 Å². The Morgan fingerprint density at radius 3 is 2.69 bits per heavy atom. The predicted octanol–water partition coefficient (Wildman–Crippen LogP) is 1.36. The maximum absolute atomic E-state index is 11.5. The van der Waals surface area contributed by atoms with Crippen LogP contribution in [0, 0.1) is 12.8 Å². The SMILES string of the molecule is CCc1oc(C)c(OC(=O)C(C)CN)c1O. The molecule has 0 spiro atoms. The van der Waals surface area contributed by atoms with Crippen molar-refractivity contribution in [1.82, 2.24) is 0 Å². The van der Waals surface area contributed by atoms with Crippen LogP contribution in [0.3, 0.4) is 0 Å². The summed E-state index contributed by atoms with van der Waals surface area (Å²) in [6, 6.07) is 0. The number of carbonyl (C=O) groups is 1. The lowest BCUT2D eigenvalue weighted by Crippen LogP contribution is -2.25. The zero-order chi connectivity index (χ0) is 12.3. The van der Waals surface area contributed by atoms with Crippen molar-refractivity contribution in [2.45, 2.75) is 27.2 Å². The summed E-state index contributed by atoms with van der Waals surface area (Å²) in [5.74, 6) is -0.0597. The van der Waals surface area contributed by atoms with E-state index < -0.39 is 11.9 Å². The molecule has 0 aliphatic rings. The second kappa shape index (κ2) is 5.03. The lowest BCUT2D eigenvalue weighted by molar-refractivity contribution is -0.138. The zero-order valence-corrected chi connectivity index (χ0v) is 9.74. The highest BCUT2D eigenvalue weighted by Crippen LogP contribution is 2.37. The van der Waals surface area contributed by atoms with Gasteiger partial charge in [0.2, 0.25) is 11.5 Å². The molecule has 0 amide bonds. The second-order valence-corrected chi connectivity index (χ2v) is 3.67. The number of carbonyl (C=O) groups excluding carboxylic acids is 1. The molecule has 0 bridgehead atoms. The lowest BCUT2D eigenvalue weighted by atomic mass is 10.2. The summed E-state index contributed by atoms with van der Waals surface area (Å²) in [6.45, 7) is 5.34. The smallest absolute Gasteiger partial charge is 0.315 e. The number of hydrogen-bond donors (Lipinski definition) is 2. The van der Waals surface area contributed by atoms with E-state index in [9.17, 15) is 9.90 Å². The summed E-state index contributed by atoms with van der Waals surface area (Å²) in [7, 11) is 0. The van der Waals surface area contributed by atoms with Gasteiger partial charge in [0, 0.05) is 13.0 Å². The van der Waals surface area contributed by atoms with Crippen LogP contribution < -0.4 is 10.5 Å². The molecule has 1 atom stereocenters. The Labute approximate surface area is 94.2 Å². The van der Waals surface area contributed by atoms with E-state index in [4.69, 9.17) is 14.9 Å². The first-order chi connectivity index (χ1) is 7.51. The fourth-order valence-corrected chi connectivity index (χ4v) is 1.23. The van der Waals surface area contributed by atoms with Crippen LogP contribution in [-0.2, 0) is 11.2 Å². The van der Waals surface area contributed by atoms with E-state index in [0.29, 0.717) is 17.9 Å². The highest BCUT2D eigenvalue weighted by Gasteiger charge is 2.22. The summed E-state index contributed by atoms with van der Waals surface area (Å²) in [4.78, 5) is 11.5. The number of furan rings is 1. The average molecular weight is 227 g/mol. The molecule has 5 nitrogen and oxygen atoms in total. The Morgan fingerprint density at radius 2 is 2.25 bits per heavy atom. The van der Waals surface area contributed by atoms with Gasteiger partial charge in [-0.1, -0.05) is 13.8 Å². The first-order valence-corrected chi connectivity index (χ1v) is 5.24. The van der Waals surface area contributed by atoms with Crippen molar-refractivity contribution in [3.05, 3.63) is 11.5 Å². The summed E-state index contributed by atoms with van der Waals surface area (Å²) in [6.07, 6.45) is 0.538. The van der Waals surface area contributed by atoms with Gasteiger partial charge in [0.15, 0.2) is 0 Å². The Bertz CT molecular complexity index is 384. The van der Waals surface area contributed by atoms with Crippen molar-refractivity contribution in [3.63, 3.8) is 0 Å². The minimum Gasteiger partial charge on any atom is -0.502 e. The van der Waals surface area contributed by atoms with Crippen molar-refractivity contribution in [2.75, 3.05) is 6.54 Å². The Kier molecular flexibility index (Phi) is 3.95. The van der Waals surface area contributed by atoms with E-state index >= 15 is 0 Å². The average Bonchev–Trinajstić information content (AvgIpc) is 2.55. The van der Waals surface area contributed by atoms with Gasteiger partial charge in [0.25, 0.3) is 0 Å². The second-order valence-electron chi connectivity index (χ2n) is 3.67. The molecule has 16 heavy (non-hydrogen) atoms. The fourth-order valence-electron chi connectivity index (χ4n) is 1.23. The molecule has 1 heterocycles.